The molecule has 3 heteroatoms. The molecule has 0 bridgehead atoms. The third-order valence-electron chi connectivity index (χ3n) is 2.55. The average Bonchev–Trinajstić information content (AvgIpc) is 2.63. The molecule has 0 spiro atoms. The van der Waals surface area contributed by atoms with Gasteiger partial charge in [0.05, 0.1) is 5.69 Å². The highest BCUT2D eigenvalue weighted by molar-refractivity contribution is 4.92. The Morgan fingerprint density at radius 2 is 2.13 bits per heavy atom. The Hall–Kier alpha value is -0.860. The molecular weight excluding hydrogens is 186 g/mol. The zero-order chi connectivity index (χ0) is 11.1. The van der Waals surface area contributed by atoms with Gasteiger partial charge in [0.15, 0.2) is 0 Å². The highest BCUT2D eigenvalue weighted by Crippen LogP contribution is 2.06. The molecule has 0 radical (unpaired) electrons. The molecule has 0 unspecified atom stereocenters. The largest absolute Gasteiger partial charge is 0.252 e. The lowest BCUT2D eigenvalue weighted by molar-refractivity contribution is 0.537. The van der Waals surface area contributed by atoms with Gasteiger partial charge in [0, 0.05) is 12.7 Å². The molecule has 1 heterocycles. The summed E-state index contributed by atoms with van der Waals surface area (Å²) in [6, 6.07) is 0. The predicted molar refractivity (Wildman–Crippen MR) is 62.7 cm³/mol. The van der Waals surface area contributed by atoms with Crippen LogP contribution in [0.3, 0.4) is 0 Å². The summed E-state index contributed by atoms with van der Waals surface area (Å²) in [6.07, 6.45) is 8.11. The van der Waals surface area contributed by atoms with Gasteiger partial charge in [-0.2, -0.15) is 0 Å². The number of aryl methyl sites for hydroxylation is 2. The molecule has 0 saturated carbocycles. The van der Waals surface area contributed by atoms with Crippen molar-refractivity contribution in [2.24, 2.45) is 5.92 Å². The topological polar surface area (TPSA) is 30.7 Å². The normalized spacial score (nSPS) is 11.2. The van der Waals surface area contributed by atoms with Gasteiger partial charge in [0.1, 0.15) is 0 Å². The zero-order valence-electron chi connectivity index (χ0n) is 10.2. The van der Waals surface area contributed by atoms with E-state index in [1.807, 2.05) is 4.68 Å². The SMILES string of the molecule is CCCCCn1cc(CCC(C)C)nn1. The fourth-order valence-electron chi connectivity index (χ4n) is 1.52. The van der Waals surface area contributed by atoms with Gasteiger partial charge in [-0.3, -0.25) is 4.68 Å². The van der Waals surface area contributed by atoms with E-state index >= 15 is 0 Å². The fourth-order valence-corrected chi connectivity index (χ4v) is 1.52. The molecule has 0 aliphatic rings. The number of hydrogen-bond acceptors (Lipinski definition) is 2. The van der Waals surface area contributed by atoms with Crippen molar-refractivity contribution in [3.05, 3.63) is 11.9 Å². The Labute approximate surface area is 92.9 Å². The van der Waals surface area contributed by atoms with Gasteiger partial charge in [0.2, 0.25) is 0 Å². The molecule has 3 nitrogen and oxygen atoms in total. The molecule has 1 aromatic rings. The van der Waals surface area contributed by atoms with E-state index in [4.69, 9.17) is 0 Å². The van der Waals surface area contributed by atoms with Crippen LogP contribution in [0.25, 0.3) is 0 Å². The minimum absolute atomic E-state index is 0.746. The minimum atomic E-state index is 0.746. The molecule has 1 rings (SSSR count). The first-order valence-electron chi connectivity index (χ1n) is 6.11. The fraction of sp³-hybridized carbons (Fsp3) is 0.833. The number of aromatic nitrogens is 3. The van der Waals surface area contributed by atoms with Crippen LogP contribution >= 0.6 is 0 Å². The van der Waals surface area contributed by atoms with Crippen molar-refractivity contribution in [1.29, 1.82) is 0 Å². The van der Waals surface area contributed by atoms with E-state index in [0.717, 1.165) is 24.6 Å². The lowest BCUT2D eigenvalue weighted by Gasteiger charge is -2.00. The summed E-state index contributed by atoms with van der Waals surface area (Å²) in [5, 5.41) is 8.31. The lowest BCUT2D eigenvalue weighted by atomic mass is 10.1. The lowest BCUT2D eigenvalue weighted by Crippen LogP contribution is -1.98. The van der Waals surface area contributed by atoms with Crippen LogP contribution in [-0.2, 0) is 13.0 Å². The van der Waals surface area contributed by atoms with E-state index in [1.165, 1.54) is 25.7 Å². The number of hydrogen-bond donors (Lipinski definition) is 0. The smallest absolute Gasteiger partial charge is 0.0827 e. The highest BCUT2D eigenvalue weighted by Gasteiger charge is 2.01. The standard InChI is InChI=1S/C12H23N3/c1-4-5-6-9-15-10-12(13-14-15)8-7-11(2)3/h10-11H,4-9H2,1-3H3. The highest BCUT2D eigenvalue weighted by atomic mass is 15.4. The summed E-state index contributed by atoms with van der Waals surface area (Å²) in [5.74, 6) is 0.746. The molecule has 0 saturated heterocycles. The molecule has 86 valence electrons. The van der Waals surface area contributed by atoms with E-state index in [9.17, 15) is 0 Å². The quantitative estimate of drug-likeness (QED) is 0.646. The zero-order valence-corrected chi connectivity index (χ0v) is 10.2. The van der Waals surface area contributed by atoms with Crippen molar-refractivity contribution in [3.8, 4) is 0 Å². The van der Waals surface area contributed by atoms with Crippen LogP contribution in [-0.4, -0.2) is 15.0 Å². The summed E-state index contributed by atoms with van der Waals surface area (Å²) in [5.41, 5.74) is 1.14. The van der Waals surface area contributed by atoms with Gasteiger partial charge in [-0.15, -0.1) is 5.10 Å². The van der Waals surface area contributed by atoms with Crippen molar-refractivity contribution in [2.45, 2.75) is 59.4 Å². The summed E-state index contributed by atoms with van der Waals surface area (Å²) in [4.78, 5) is 0. The first-order chi connectivity index (χ1) is 7.22. The van der Waals surface area contributed by atoms with Crippen LogP contribution in [0.4, 0.5) is 0 Å². The van der Waals surface area contributed by atoms with Crippen LogP contribution in [0.1, 0.15) is 52.1 Å². The van der Waals surface area contributed by atoms with Crippen molar-refractivity contribution < 1.29 is 0 Å². The molecule has 1 aromatic heterocycles. The van der Waals surface area contributed by atoms with Gasteiger partial charge >= 0.3 is 0 Å². The van der Waals surface area contributed by atoms with Crippen molar-refractivity contribution >= 4 is 0 Å². The van der Waals surface area contributed by atoms with Crippen molar-refractivity contribution in [1.82, 2.24) is 15.0 Å². The van der Waals surface area contributed by atoms with E-state index in [-0.39, 0.29) is 0 Å². The Balaban J connectivity index is 2.29. The van der Waals surface area contributed by atoms with E-state index in [1.54, 1.807) is 0 Å². The van der Waals surface area contributed by atoms with Crippen LogP contribution < -0.4 is 0 Å². The molecule has 0 aliphatic heterocycles. The van der Waals surface area contributed by atoms with Gasteiger partial charge < -0.3 is 0 Å². The second-order valence-electron chi connectivity index (χ2n) is 4.61. The summed E-state index contributed by atoms with van der Waals surface area (Å²) < 4.78 is 1.98. The summed E-state index contributed by atoms with van der Waals surface area (Å²) >= 11 is 0. The van der Waals surface area contributed by atoms with Crippen LogP contribution in [0.5, 0.6) is 0 Å². The Morgan fingerprint density at radius 3 is 2.80 bits per heavy atom. The first kappa shape index (κ1) is 12.2. The number of rotatable bonds is 7. The third-order valence-corrected chi connectivity index (χ3v) is 2.55. The molecule has 0 amide bonds. The van der Waals surface area contributed by atoms with Gasteiger partial charge in [-0.1, -0.05) is 38.8 Å². The molecule has 15 heavy (non-hydrogen) atoms. The third kappa shape index (κ3) is 4.96. The van der Waals surface area contributed by atoms with Gasteiger partial charge in [0.25, 0.3) is 0 Å². The average molecular weight is 209 g/mol. The Bertz CT molecular complexity index is 266. The minimum Gasteiger partial charge on any atom is -0.252 e. The first-order valence-corrected chi connectivity index (χ1v) is 6.11. The van der Waals surface area contributed by atoms with E-state index in [0.29, 0.717) is 0 Å². The van der Waals surface area contributed by atoms with E-state index in [2.05, 4.69) is 37.3 Å². The summed E-state index contributed by atoms with van der Waals surface area (Å²) in [6.45, 7) is 7.72. The van der Waals surface area contributed by atoms with Crippen LogP contribution in [0.2, 0.25) is 0 Å². The van der Waals surface area contributed by atoms with Gasteiger partial charge in [-0.25, -0.2) is 0 Å². The maximum atomic E-state index is 4.18. The van der Waals surface area contributed by atoms with Gasteiger partial charge in [-0.05, 0) is 25.2 Å². The van der Waals surface area contributed by atoms with Crippen LogP contribution in [0.15, 0.2) is 6.20 Å². The molecule has 0 fully saturated rings. The Morgan fingerprint density at radius 1 is 1.33 bits per heavy atom. The summed E-state index contributed by atoms with van der Waals surface area (Å²) in [7, 11) is 0. The second-order valence-corrected chi connectivity index (χ2v) is 4.61. The number of unbranched alkanes of at least 4 members (excludes halogenated alkanes) is 2. The predicted octanol–water partition coefficient (Wildman–Crippen LogP) is 3.06. The Kier molecular flexibility index (Phi) is 5.37. The molecule has 0 atom stereocenters. The molecular formula is C12H23N3. The van der Waals surface area contributed by atoms with Crippen molar-refractivity contribution in [2.75, 3.05) is 0 Å². The van der Waals surface area contributed by atoms with Crippen LogP contribution in [0, 0.1) is 5.92 Å². The van der Waals surface area contributed by atoms with Crippen molar-refractivity contribution in [3.63, 3.8) is 0 Å². The van der Waals surface area contributed by atoms with E-state index < -0.39 is 0 Å². The maximum absolute atomic E-state index is 4.18. The second kappa shape index (κ2) is 6.59. The maximum Gasteiger partial charge on any atom is 0.0827 e. The number of nitrogens with zero attached hydrogens (tertiary/aromatic N) is 3. The molecule has 0 aliphatic carbocycles. The molecule has 0 aromatic carbocycles. The molecule has 0 N–H and O–H groups in total. The monoisotopic (exact) mass is 209 g/mol.